The van der Waals surface area contributed by atoms with Crippen LogP contribution in [-0.2, 0) is 9.53 Å². The van der Waals surface area contributed by atoms with E-state index in [9.17, 15) is 14.9 Å². The number of methoxy groups -OCH3 is 1. The Bertz CT molecular complexity index is 1320. The molecule has 1 N–H and O–H groups in total. The fourth-order valence-electron chi connectivity index (χ4n) is 3.23. The van der Waals surface area contributed by atoms with Gasteiger partial charge in [-0.25, -0.2) is 0 Å². The maximum atomic E-state index is 13.3. The van der Waals surface area contributed by atoms with Gasteiger partial charge in [-0.2, -0.15) is 10.2 Å². The number of pyridine rings is 1. The van der Waals surface area contributed by atoms with E-state index in [4.69, 9.17) is 14.2 Å². The predicted molar refractivity (Wildman–Crippen MR) is 132 cm³/mol. The maximum Gasteiger partial charge on any atom is 0.269 e. The minimum atomic E-state index is -0.596. The van der Waals surface area contributed by atoms with E-state index in [1.54, 1.807) is 43.6 Å². The highest BCUT2D eigenvalue weighted by atomic mass is 16.5. The number of amides is 1. The number of benzene rings is 1. The van der Waals surface area contributed by atoms with E-state index in [0.717, 1.165) is 5.56 Å². The first kappa shape index (κ1) is 25.5. The van der Waals surface area contributed by atoms with Crippen molar-refractivity contribution in [1.82, 2.24) is 14.7 Å². The lowest BCUT2D eigenvalue weighted by Gasteiger charge is -2.12. The molecule has 0 saturated heterocycles. The van der Waals surface area contributed by atoms with Gasteiger partial charge in [0.05, 0.1) is 13.2 Å². The molecule has 0 bridgehead atoms. The third kappa shape index (κ3) is 6.46. The summed E-state index contributed by atoms with van der Waals surface area (Å²) in [5.74, 6) is 0.446. The Balaban J connectivity index is 1.97. The van der Waals surface area contributed by atoms with Gasteiger partial charge in [-0.05, 0) is 69.2 Å². The van der Waals surface area contributed by atoms with Crippen LogP contribution in [0.2, 0.25) is 0 Å². The lowest BCUT2D eigenvalue weighted by molar-refractivity contribution is -0.117. The molecular formula is C26H28N4O5. The SMILES string of the molecule is COc1ccc(Oc2nc3c(C)cccn3c(=O)c2C=C(C#N)C(=O)NCCCOC(C)C)cc1. The number of rotatable bonds is 10. The minimum Gasteiger partial charge on any atom is -0.497 e. The molecule has 0 saturated carbocycles. The molecule has 35 heavy (non-hydrogen) atoms. The number of carbonyl (C=O) groups excluding carboxylic acids is 1. The first-order chi connectivity index (χ1) is 16.8. The van der Waals surface area contributed by atoms with Gasteiger partial charge in [0.25, 0.3) is 11.5 Å². The van der Waals surface area contributed by atoms with E-state index in [1.807, 2.05) is 32.9 Å². The zero-order valence-corrected chi connectivity index (χ0v) is 20.2. The zero-order chi connectivity index (χ0) is 25.4. The quantitative estimate of drug-likeness (QED) is 0.270. The number of nitriles is 1. The third-order valence-corrected chi connectivity index (χ3v) is 5.03. The molecule has 182 valence electrons. The van der Waals surface area contributed by atoms with E-state index in [1.165, 1.54) is 10.5 Å². The number of nitrogens with zero attached hydrogens (tertiary/aromatic N) is 3. The van der Waals surface area contributed by atoms with Crippen molar-refractivity contribution >= 4 is 17.6 Å². The Morgan fingerprint density at radius 1 is 1.23 bits per heavy atom. The summed E-state index contributed by atoms with van der Waals surface area (Å²) in [6.07, 6.45) is 3.48. The number of nitrogens with one attached hydrogen (secondary N) is 1. The van der Waals surface area contributed by atoms with Crippen molar-refractivity contribution in [2.24, 2.45) is 0 Å². The second-order valence-corrected chi connectivity index (χ2v) is 8.00. The fraction of sp³-hybridized carbons (Fsp3) is 0.308. The Labute approximate surface area is 203 Å². The highest BCUT2D eigenvalue weighted by molar-refractivity contribution is 6.01. The number of hydrogen-bond donors (Lipinski definition) is 1. The van der Waals surface area contributed by atoms with Gasteiger partial charge in [0.1, 0.15) is 34.4 Å². The van der Waals surface area contributed by atoms with Crippen molar-refractivity contribution in [3.05, 3.63) is 69.6 Å². The molecule has 0 aliphatic rings. The van der Waals surface area contributed by atoms with Crippen LogP contribution in [0.4, 0.5) is 0 Å². The van der Waals surface area contributed by atoms with Gasteiger partial charge in [0.15, 0.2) is 0 Å². The minimum absolute atomic E-state index is 0.0136. The molecule has 3 rings (SSSR count). The normalized spacial score (nSPS) is 11.4. The second kappa shape index (κ2) is 11.8. The van der Waals surface area contributed by atoms with Crippen LogP contribution in [0.5, 0.6) is 17.4 Å². The summed E-state index contributed by atoms with van der Waals surface area (Å²) in [6.45, 7) is 6.49. The topological polar surface area (TPSA) is 115 Å². The summed E-state index contributed by atoms with van der Waals surface area (Å²) in [7, 11) is 1.55. The molecule has 0 radical (unpaired) electrons. The van der Waals surface area contributed by atoms with E-state index in [0.29, 0.717) is 36.7 Å². The zero-order valence-electron chi connectivity index (χ0n) is 20.2. The lowest BCUT2D eigenvalue weighted by atomic mass is 10.1. The number of ether oxygens (including phenoxy) is 3. The molecule has 0 unspecified atom stereocenters. The number of aryl methyl sites for hydroxylation is 1. The van der Waals surface area contributed by atoms with E-state index in [2.05, 4.69) is 10.3 Å². The van der Waals surface area contributed by atoms with Crippen molar-refractivity contribution in [2.45, 2.75) is 33.3 Å². The summed E-state index contributed by atoms with van der Waals surface area (Å²) in [4.78, 5) is 30.5. The van der Waals surface area contributed by atoms with Crippen LogP contribution in [0.3, 0.4) is 0 Å². The largest absolute Gasteiger partial charge is 0.497 e. The first-order valence-corrected chi connectivity index (χ1v) is 11.2. The van der Waals surface area contributed by atoms with Crippen molar-refractivity contribution in [1.29, 1.82) is 5.26 Å². The average molecular weight is 477 g/mol. The number of carbonyl (C=O) groups is 1. The Kier molecular flexibility index (Phi) is 8.59. The van der Waals surface area contributed by atoms with Crippen LogP contribution in [0, 0.1) is 18.3 Å². The average Bonchev–Trinajstić information content (AvgIpc) is 2.84. The second-order valence-electron chi connectivity index (χ2n) is 8.00. The third-order valence-electron chi connectivity index (χ3n) is 5.03. The van der Waals surface area contributed by atoms with Crippen LogP contribution in [0.25, 0.3) is 11.7 Å². The molecule has 2 aromatic heterocycles. The van der Waals surface area contributed by atoms with Crippen LogP contribution in [0.1, 0.15) is 31.4 Å². The molecule has 1 aromatic carbocycles. The molecule has 0 aliphatic heterocycles. The van der Waals surface area contributed by atoms with Crippen LogP contribution < -0.4 is 20.3 Å². The molecule has 2 heterocycles. The first-order valence-electron chi connectivity index (χ1n) is 11.2. The smallest absolute Gasteiger partial charge is 0.269 e. The summed E-state index contributed by atoms with van der Waals surface area (Å²) in [5.41, 5.74) is 0.459. The molecular weight excluding hydrogens is 448 g/mol. The molecule has 9 heteroatoms. The monoisotopic (exact) mass is 476 g/mol. The molecule has 9 nitrogen and oxygen atoms in total. The molecule has 0 fully saturated rings. The van der Waals surface area contributed by atoms with Crippen LogP contribution in [0.15, 0.2) is 53.0 Å². The summed E-state index contributed by atoms with van der Waals surface area (Å²) in [6, 6.07) is 12.2. The Morgan fingerprint density at radius 3 is 2.60 bits per heavy atom. The number of hydrogen-bond acceptors (Lipinski definition) is 7. The van der Waals surface area contributed by atoms with E-state index < -0.39 is 11.5 Å². The molecule has 1 amide bonds. The van der Waals surface area contributed by atoms with E-state index in [-0.39, 0.29) is 23.1 Å². The van der Waals surface area contributed by atoms with Gasteiger partial charge in [0.2, 0.25) is 5.88 Å². The molecule has 0 spiro atoms. The van der Waals surface area contributed by atoms with Crippen molar-refractivity contribution in [2.75, 3.05) is 20.3 Å². The van der Waals surface area contributed by atoms with Gasteiger partial charge in [-0.15, -0.1) is 0 Å². The molecule has 0 atom stereocenters. The van der Waals surface area contributed by atoms with Gasteiger partial charge >= 0.3 is 0 Å². The van der Waals surface area contributed by atoms with Gasteiger partial charge in [0, 0.05) is 19.3 Å². The van der Waals surface area contributed by atoms with Crippen molar-refractivity contribution < 1.29 is 19.0 Å². The van der Waals surface area contributed by atoms with Crippen LogP contribution >= 0.6 is 0 Å². The number of fused-ring (bicyclic) bond motifs is 1. The Morgan fingerprint density at radius 2 is 1.94 bits per heavy atom. The maximum absolute atomic E-state index is 13.3. The Hall–Kier alpha value is -4.16. The predicted octanol–water partition coefficient (Wildman–Crippen LogP) is 3.64. The number of aromatic nitrogens is 2. The molecule has 0 aliphatic carbocycles. The van der Waals surface area contributed by atoms with Crippen LogP contribution in [-0.4, -0.2) is 41.7 Å². The summed E-state index contributed by atoms with van der Waals surface area (Å²) < 4.78 is 17.9. The van der Waals surface area contributed by atoms with Gasteiger partial charge < -0.3 is 19.5 Å². The highest BCUT2D eigenvalue weighted by Gasteiger charge is 2.18. The molecule has 3 aromatic rings. The van der Waals surface area contributed by atoms with Crippen molar-refractivity contribution in [3.8, 4) is 23.4 Å². The van der Waals surface area contributed by atoms with Crippen molar-refractivity contribution in [3.63, 3.8) is 0 Å². The standard InChI is InChI=1S/C26H28N4O5/c1-17(2)34-14-6-12-28-24(31)19(16-27)15-22-25(35-21-10-8-20(33-4)9-11-21)29-23-18(3)7-5-13-30(23)26(22)32/h5,7-11,13,15,17H,6,12,14H2,1-4H3,(H,28,31). The van der Waals surface area contributed by atoms with Gasteiger partial charge in [-0.1, -0.05) is 6.07 Å². The lowest BCUT2D eigenvalue weighted by Crippen LogP contribution is -2.27. The summed E-state index contributed by atoms with van der Waals surface area (Å²) in [5, 5.41) is 12.3. The van der Waals surface area contributed by atoms with Gasteiger partial charge in [-0.3, -0.25) is 14.0 Å². The highest BCUT2D eigenvalue weighted by Crippen LogP contribution is 2.26. The summed E-state index contributed by atoms with van der Waals surface area (Å²) >= 11 is 0. The fourth-order valence-corrected chi connectivity index (χ4v) is 3.23. The van der Waals surface area contributed by atoms with E-state index >= 15 is 0 Å².